The zero-order valence-corrected chi connectivity index (χ0v) is 16.5. The van der Waals surface area contributed by atoms with Crippen LogP contribution in [0, 0.1) is 0 Å². The van der Waals surface area contributed by atoms with E-state index in [4.69, 9.17) is 14.6 Å². The Morgan fingerprint density at radius 2 is 1.97 bits per heavy atom. The summed E-state index contributed by atoms with van der Waals surface area (Å²) in [6, 6.07) is 7.29. The summed E-state index contributed by atoms with van der Waals surface area (Å²) in [5, 5.41) is 11.0. The molecule has 0 aliphatic rings. The number of amides is 1. The zero-order valence-electron chi connectivity index (χ0n) is 14.9. The van der Waals surface area contributed by atoms with Gasteiger partial charge in [-0.2, -0.15) is 13.2 Å². The Kier molecular flexibility index (Phi) is 7.27. The number of benzene rings is 2. The van der Waals surface area contributed by atoms with Crippen molar-refractivity contribution in [1.82, 2.24) is 0 Å². The predicted molar refractivity (Wildman–Crippen MR) is 103 cm³/mol. The van der Waals surface area contributed by atoms with E-state index in [1.165, 1.54) is 31.4 Å². The number of carbonyl (C=O) groups excluding carboxylic acids is 1. The number of carboxylic acids is 1. The highest BCUT2D eigenvalue weighted by Gasteiger charge is 2.30. The van der Waals surface area contributed by atoms with Crippen molar-refractivity contribution < 1.29 is 37.3 Å². The molecule has 6 nitrogen and oxygen atoms in total. The number of anilines is 1. The van der Waals surface area contributed by atoms with E-state index in [-0.39, 0.29) is 17.2 Å². The molecule has 1 amide bonds. The van der Waals surface area contributed by atoms with Gasteiger partial charge in [-0.05, 0) is 57.9 Å². The second-order valence-corrected chi connectivity index (χ2v) is 6.48. The van der Waals surface area contributed by atoms with E-state index in [1.54, 1.807) is 6.07 Å². The molecule has 2 aromatic carbocycles. The minimum Gasteiger partial charge on any atom is -0.493 e. The number of halogens is 4. The van der Waals surface area contributed by atoms with Gasteiger partial charge in [0.15, 0.2) is 18.1 Å². The summed E-state index contributed by atoms with van der Waals surface area (Å²) in [5.41, 5.74) is -0.392. The number of carboxylic acid groups (broad SMARTS) is 1. The molecule has 0 saturated heterocycles. The Bertz CT molecular complexity index is 944. The number of nitrogens with one attached hydrogen (secondary N) is 1. The van der Waals surface area contributed by atoms with Crippen LogP contribution in [0.1, 0.15) is 11.1 Å². The summed E-state index contributed by atoms with van der Waals surface area (Å²) >= 11 is 3.25. The zero-order chi connectivity index (χ0) is 21.6. The van der Waals surface area contributed by atoms with Gasteiger partial charge in [0.2, 0.25) is 0 Å². The summed E-state index contributed by atoms with van der Waals surface area (Å²) in [6.45, 7) is -0.491. The largest absolute Gasteiger partial charge is 0.493 e. The number of methoxy groups -OCH3 is 1. The first-order chi connectivity index (χ1) is 13.6. The molecule has 0 atom stereocenters. The number of hydrogen-bond acceptors (Lipinski definition) is 4. The van der Waals surface area contributed by atoms with Crippen LogP contribution < -0.4 is 14.8 Å². The molecule has 0 bridgehead atoms. The Morgan fingerprint density at radius 3 is 2.59 bits per heavy atom. The molecule has 0 unspecified atom stereocenters. The lowest BCUT2D eigenvalue weighted by atomic mass is 10.2. The van der Waals surface area contributed by atoms with Gasteiger partial charge in [-0.15, -0.1) is 0 Å². The van der Waals surface area contributed by atoms with Crippen LogP contribution in [0.3, 0.4) is 0 Å². The molecule has 2 aromatic rings. The smallest absolute Gasteiger partial charge is 0.416 e. The molecule has 154 valence electrons. The van der Waals surface area contributed by atoms with E-state index < -0.39 is 30.2 Å². The third-order valence-corrected chi connectivity index (χ3v) is 4.08. The molecule has 0 aliphatic carbocycles. The predicted octanol–water partition coefficient (Wildman–Crippen LogP) is 4.59. The van der Waals surface area contributed by atoms with Gasteiger partial charge in [0.25, 0.3) is 5.91 Å². The van der Waals surface area contributed by atoms with E-state index >= 15 is 0 Å². The highest BCUT2D eigenvalue weighted by atomic mass is 79.9. The van der Waals surface area contributed by atoms with Crippen LogP contribution in [-0.2, 0) is 15.8 Å². The standard InChI is InChI=1S/C19H15BrF3NO5/c1-28-15-8-11(5-6-17(26)27)7-14(20)18(15)29-10-16(25)24-13-4-2-3-12(9-13)19(21,22)23/h2-9H,10H2,1H3,(H,24,25)(H,26,27). The first-order valence-corrected chi connectivity index (χ1v) is 8.78. The minimum atomic E-state index is -4.52. The van der Waals surface area contributed by atoms with Gasteiger partial charge < -0.3 is 19.9 Å². The van der Waals surface area contributed by atoms with Crippen molar-refractivity contribution in [3.05, 3.63) is 58.1 Å². The fourth-order valence-electron chi connectivity index (χ4n) is 2.25. The van der Waals surface area contributed by atoms with E-state index in [1.807, 2.05) is 0 Å². The average Bonchev–Trinajstić information content (AvgIpc) is 2.64. The average molecular weight is 474 g/mol. The van der Waals surface area contributed by atoms with Crippen LogP contribution in [0.2, 0.25) is 0 Å². The molecule has 2 N–H and O–H groups in total. The first kappa shape index (κ1) is 22.3. The first-order valence-electron chi connectivity index (χ1n) is 7.98. The molecular weight excluding hydrogens is 459 g/mol. The molecule has 0 aliphatic heterocycles. The molecule has 0 fully saturated rings. The van der Waals surface area contributed by atoms with Gasteiger partial charge in [0, 0.05) is 11.8 Å². The van der Waals surface area contributed by atoms with Crippen molar-refractivity contribution in [3.8, 4) is 11.5 Å². The molecule has 0 radical (unpaired) electrons. The van der Waals surface area contributed by atoms with Gasteiger partial charge in [-0.1, -0.05) is 6.07 Å². The Labute approximate surface area is 172 Å². The van der Waals surface area contributed by atoms with Gasteiger partial charge in [-0.25, -0.2) is 4.79 Å². The Hall–Kier alpha value is -3.01. The number of alkyl halides is 3. The lowest BCUT2D eigenvalue weighted by molar-refractivity contribution is -0.137. The maximum absolute atomic E-state index is 12.7. The van der Waals surface area contributed by atoms with Crippen LogP contribution in [0.25, 0.3) is 6.08 Å². The second kappa shape index (κ2) is 9.46. The van der Waals surface area contributed by atoms with Crippen molar-refractivity contribution >= 4 is 39.6 Å². The molecule has 29 heavy (non-hydrogen) atoms. The molecule has 10 heteroatoms. The van der Waals surface area contributed by atoms with Crippen LogP contribution in [0.4, 0.5) is 18.9 Å². The van der Waals surface area contributed by atoms with Crippen molar-refractivity contribution in [2.45, 2.75) is 6.18 Å². The highest BCUT2D eigenvalue weighted by molar-refractivity contribution is 9.10. The molecular formula is C19H15BrF3NO5. The summed E-state index contributed by atoms with van der Waals surface area (Å²) in [5.74, 6) is -1.38. The van der Waals surface area contributed by atoms with E-state index in [0.717, 1.165) is 18.2 Å². The van der Waals surface area contributed by atoms with Gasteiger partial charge in [-0.3, -0.25) is 4.79 Å². The van der Waals surface area contributed by atoms with Crippen molar-refractivity contribution in [2.75, 3.05) is 19.0 Å². The lowest BCUT2D eigenvalue weighted by Gasteiger charge is -2.14. The van der Waals surface area contributed by atoms with Crippen LogP contribution in [-0.4, -0.2) is 30.7 Å². The topological polar surface area (TPSA) is 84.9 Å². The molecule has 0 aromatic heterocycles. The van der Waals surface area contributed by atoms with Crippen LogP contribution in [0.5, 0.6) is 11.5 Å². The van der Waals surface area contributed by atoms with E-state index in [0.29, 0.717) is 10.0 Å². The molecule has 0 saturated carbocycles. The van der Waals surface area contributed by atoms with Gasteiger partial charge >= 0.3 is 12.1 Å². The Morgan fingerprint density at radius 1 is 1.24 bits per heavy atom. The van der Waals surface area contributed by atoms with Crippen LogP contribution >= 0.6 is 15.9 Å². The summed E-state index contributed by atoms with van der Waals surface area (Å²) in [4.78, 5) is 22.7. The van der Waals surface area contributed by atoms with Crippen molar-refractivity contribution in [3.63, 3.8) is 0 Å². The van der Waals surface area contributed by atoms with E-state index in [9.17, 15) is 22.8 Å². The molecule has 2 rings (SSSR count). The number of aliphatic carboxylic acids is 1. The fraction of sp³-hybridized carbons (Fsp3) is 0.158. The number of ether oxygens (including phenoxy) is 2. The number of carbonyl (C=O) groups is 2. The second-order valence-electron chi connectivity index (χ2n) is 5.62. The highest BCUT2D eigenvalue weighted by Crippen LogP contribution is 2.37. The minimum absolute atomic E-state index is 0.0198. The number of hydrogen-bond donors (Lipinski definition) is 2. The monoisotopic (exact) mass is 473 g/mol. The summed E-state index contributed by atoms with van der Waals surface area (Å²) in [7, 11) is 1.36. The Balaban J connectivity index is 2.09. The SMILES string of the molecule is COc1cc(C=CC(=O)O)cc(Br)c1OCC(=O)Nc1cccc(C(F)(F)F)c1. The van der Waals surface area contributed by atoms with Gasteiger partial charge in [0.1, 0.15) is 0 Å². The quantitative estimate of drug-likeness (QED) is 0.574. The molecule has 0 heterocycles. The third kappa shape index (κ3) is 6.53. The van der Waals surface area contributed by atoms with Gasteiger partial charge in [0.05, 0.1) is 17.1 Å². The number of rotatable bonds is 7. The maximum atomic E-state index is 12.7. The summed E-state index contributed by atoms with van der Waals surface area (Å²) in [6.07, 6.45) is -2.23. The molecule has 0 spiro atoms. The normalized spacial score (nSPS) is 11.3. The maximum Gasteiger partial charge on any atom is 0.416 e. The van der Waals surface area contributed by atoms with Crippen molar-refractivity contribution in [1.29, 1.82) is 0 Å². The van der Waals surface area contributed by atoms with Crippen LogP contribution in [0.15, 0.2) is 46.9 Å². The lowest BCUT2D eigenvalue weighted by Crippen LogP contribution is -2.20. The van der Waals surface area contributed by atoms with E-state index in [2.05, 4.69) is 21.2 Å². The summed E-state index contributed by atoms with van der Waals surface area (Å²) < 4.78 is 49.2. The van der Waals surface area contributed by atoms with Crippen molar-refractivity contribution in [2.24, 2.45) is 0 Å². The third-order valence-electron chi connectivity index (χ3n) is 3.49. The fourth-order valence-corrected chi connectivity index (χ4v) is 2.83.